The number of nitrogens with zero attached hydrogens (tertiary/aromatic N) is 3. The second-order valence-corrected chi connectivity index (χ2v) is 10.2. The topological polar surface area (TPSA) is 175 Å². The van der Waals surface area contributed by atoms with Gasteiger partial charge in [-0.05, 0) is 62.4 Å². The summed E-state index contributed by atoms with van der Waals surface area (Å²) in [5, 5.41) is 12.1. The molecule has 2 aliphatic rings. The Labute approximate surface area is 229 Å². The number of anilines is 1. The first-order valence-electron chi connectivity index (χ1n) is 13.0. The largest absolute Gasteiger partial charge is 0.465 e. The molecule has 0 unspecified atom stereocenters. The average Bonchev–Trinajstić information content (AvgIpc) is 3.68. The Balaban J connectivity index is 1.49. The molecule has 1 aromatic carbocycles. The van der Waals surface area contributed by atoms with Crippen LogP contribution in [0.1, 0.15) is 32.0 Å². The van der Waals surface area contributed by atoms with Gasteiger partial charge in [0.2, 0.25) is 5.95 Å². The predicted octanol–water partition coefficient (Wildman–Crippen LogP) is 2.11. The minimum absolute atomic E-state index is 0.0117. The summed E-state index contributed by atoms with van der Waals surface area (Å²) < 4.78 is 31.0. The van der Waals surface area contributed by atoms with Gasteiger partial charge in [0.15, 0.2) is 5.82 Å². The lowest BCUT2D eigenvalue weighted by Crippen LogP contribution is -2.56. The number of primary amides is 1. The van der Waals surface area contributed by atoms with E-state index < -0.39 is 28.9 Å². The van der Waals surface area contributed by atoms with Gasteiger partial charge in [0.05, 0.1) is 36.9 Å². The summed E-state index contributed by atoms with van der Waals surface area (Å²) in [7, 11) is 0. The predicted molar refractivity (Wildman–Crippen MR) is 140 cm³/mol. The van der Waals surface area contributed by atoms with Crippen molar-refractivity contribution in [3.05, 3.63) is 48.2 Å². The molecule has 0 radical (unpaired) electrons. The van der Waals surface area contributed by atoms with Crippen molar-refractivity contribution in [2.75, 3.05) is 38.3 Å². The van der Waals surface area contributed by atoms with Gasteiger partial charge in [0.1, 0.15) is 11.2 Å². The first kappa shape index (κ1) is 27.6. The van der Waals surface area contributed by atoms with Crippen LogP contribution < -0.4 is 11.1 Å². The van der Waals surface area contributed by atoms with Crippen LogP contribution in [-0.2, 0) is 29.6 Å². The molecule has 13 heteroatoms. The number of carbonyl (C=O) groups is 2. The van der Waals surface area contributed by atoms with Gasteiger partial charge in [0.25, 0.3) is 5.91 Å². The number of aromatic nitrogens is 4. The number of carbonyl (C=O) groups excluding carboxylic acids is 2. The highest BCUT2D eigenvalue weighted by Gasteiger charge is 2.54. The van der Waals surface area contributed by atoms with Crippen LogP contribution in [0.25, 0.3) is 22.6 Å². The number of nitrogens with one attached hydrogen (secondary N) is 2. The van der Waals surface area contributed by atoms with Crippen molar-refractivity contribution in [3.63, 3.8) is 0 Å². The summed E-state index contributed by atoms with van der Waals surface area (Å²) >= 11 is 0. The number of nitrogens with two attached hydrogens (primary N) is 1. The summed E-state index contributed by atoms with van der Waals surface area (Å²) in [5.74, 6) is -3.37. The lowest BCUT2D eigenvalue weighted by Gasteiger charge is -2.40. The van der Waals surface area contributed by atoms with Crippen molar-refractivity contribution in [2.45, 2.75) is 32.0 Å². The molecular formula is C27H31FN6O6. The number of ether oxygens (including phenoxy) is 3. The van der Waals surface area contributed by atoms with Crippen LogP contribution >= 0.6 is 0 Å². The van der Waals surface area contributed by atoms with Crippen molar-refractivity contribution < 1.29 is 33.3 Å². The van der Waals surface area contributed by atoms with Crippen molar-refractivity contribution in [2.24, 2.45) is 17.1 Å². The van der Waals surface area contributed by atoms with E-state index in [1.54, 1.807) is 13.0 Å². The van der Waals surface area contributed by atoms with Gasteiger partial charge >= 0.3 is 11.8 Å². The zero-order valence-electron chi connectivity index (χ0n) is 22.0. The van der Waals surface area contributed by atoms with E-state index in [1.807, 2.05) is 0 Å². The molecular weight excluding hydrogens is 523 g/mol. The first-order chi connectivity index (χ1) is 19.2. The Kier molecular flexibility index (Phi) is 7.79. The van der Waals surface area contributed by atoms with Crippen molar-refractivity contribution >= 4 is 17.8 Å². The maximum Gasteiger partial charge on any atom is 0.316 e. The number of imidazole rings is 1. The van der Waals surface area contributed by atoms with E-state index in [1.165, 1.54) is 30.5 Å². The number of aliphatic hydroxyl groups is 1. The van der Waals surface area contributed by atoms with Gasteiger partial charge in [-0.15, -0.1) is 0 Å². The van der Waals surface area contributed by atoms with E-state index >= 15 is 0 Å². The minimum Gasteiger partial charge on any atom is -0.465 e. The summed E-state index contributed by atoms with van der Waals surface area (Å²) in [6, 6.07) is 7.27. The summed E-state index contributed by atoms with van der Waals surface area (Å²) in [6.07, 6.45) is 4.11. The molecule has 2 fully saturated rings. The minimum atomic E-state index is -2.13. The number of benzene rings is 1. The smallest absolute Gasteiger partial charge is 0.316 e. The molecule has 2 aromatic heterocycles. The van der Waals surface area contributed by atoms with E-state index in [0.717, 1.165) is 12.8 Å². The Morgan fingerprint density at radius 2 is 1.93 bits per heavy atom. The number of hydrogen-bond donors (Lipinski definition) is 4. The Bertz CT molecular complexity index is 1370. The Hall–Kier alpha value is -3.94. The number of esters is 1. The van der Waals surface area contributed by atoms with Crippen molar-refractivity contribution in [3.8, 4) is 22.6 Å². The standard InChI is InChI=1S/C27H31FN6O6/c1-26(24(37)38-13-16-3-4-16)14-39-27(22(29)36,40-15-26)23-33-20(17-5-7-18(28)8-6-17)21(34-23)19-9-11-31-25(32-19)30-10-2-12-35/h5-9,11,16,35H,2-4,10,12-15H2,1H3,(H2,29,36)(H,33,34)(H,30,31,32). The van der Waals surface area contributed by atoms with Gasteiger partial charge in [0, 0.05) is 24.9 Å². The molecule has 40 heavy (non-hydrogen) atoms. The van der Waals surface area contributed by atoms with Crippen LogP contribution in [0.15, 0.2) is 36.5 Å². The number of H-pyrrole nitrogens is 1. The van der Waals surface area contributed by atoms with E-state index in [0.29, 0.717) is 54.1 Å². The second-order valence-electron chi connectivity index (χ2n) is 10.2. The molecule has 1 amide bonds. The fourth-order valence-corrected chi connectivity index (χ4v) is 4.16. The molecule has 1 saturated heterocycles. The first-order valence-corrected chi connectivity index (χ1v) is 13.0. The van der Waals surface area contributed by atoms with Crippen LogP contribution in [-0.4, -0.2) is 69.9 Å². The fraction of sp³-hybridized carbons (Fsp3) is 0.444. The van der Waals surface area contributed by atoms with Crippen LogP contribution in [0.4, 0.5) is 10.3 Å². The summed E-state index contributed by atoms with van der Waals surface area (Å²) in [5.41, 5.74) is 6.27. The third-order valence-electron chi connectivity index (χ3n) is 6.82. The number of aliphatic hydroxyl groups excluding tert-OH is 1. The van der Waals surface area contributed by atoms with E-state index in [2.05, 4.69) is 25.3 Å². The quantitative estimate of drug-likeness (QED) is 0.203. The van der Waals surface area contributed by atoms with Crippen LogP contribution in [0.2, 0.25) is 0 Å². The molecule has 1 aliphatic heterocycles. The third-order valence-corrected chi connectivity index (χ3v) is 6.82. The van der Waals surface area contributed by atoms with Gasteiger partial charge in [-0.3, -0.25) is 9.59 Å². The second kappa shape index (κ2) is 11.3. The van der Waals surface area contributed by atoms with Crippen molar-refractivity contribution in [1.82, 2.24) is 19.9 Å². The molecule has 3 aromatic rings. The zero-order chi connectivity index (χ0) is 28.3. The Morgan fingerprint density at radius 3 is 2.58 bits per heavy atom. The molecule has 1 saturated carbocycles. The molecule has 3 heterocycles. The van der Waals surface area contributed by atoms with Crippen molar-refractivity contribution in [1.29, 1.82) is 0 Å². The molecule has 5 N–H and O–H groups in total. The maximum absolute atomic E-state index is 13.7. The number of amides is 1. The zero-order valence-corrected chi connectivity index (χ0v) is 22.0. The number of rotatable bonds is 11. The van der Waals surface area contributed by atoms with Gasteiger partial charge < -0.3 is 35.4 Å². The molecule has 0 atom stereocenters. The maximum atomic E-state index is 13.7. The lowest BCUT2D eigenvalue weighted by atomic mass is 9.91. The van der Waals surface area contributed by atoms with E-state index in [-0.39, 0.29) is 25.6 Å². The summed E-state index contributed by atoms with van der Waals surface area (Å²) in [6.45, 7) is 2.04. The van der Waals surface area contributed by atoms with Crippen LogP contribution in [0, 0.1) is 17.2 Å². The van der Waals surface area contributed by atoms with Gasteiger partial charge in [-0.1, -0.05) is 0 Å². The normalized spacial score (nSPS) is 22.6. The highest BCUT2D eigenvalue weighted by atomic mass is 19.1. The molecule has 0 spiro atoms. The summed E-state index contributed by atoms with van der Waals surface area (Å²) in [4.78, 5) is 42.0. The SMILES string of the molecule is CC1(C(=O)OCC2CC2)COC(C(N)=O)(c2nc(-c3ccc(F)cc3)c(-c3ccnc(NCCCO)n3)[nH]2)OC1. The fourth-order valence-electron chi connectivity index (χ4n) is 4.16. The molecule has 212 valence electrons. The molecule has 0 bridgehead atoms. The molecule has 5 rings (SSSR count). The number of hydrogen-bond acceptors (Lipinski definition) is 10. The van der Waals surface area contributed by atoms with E-state index in [9.17, 15) is 14.0 Å². The number of aromatic amines is 1. The highest BCUT2D eigenvalue weighted by Crippen LogP contribution is 2.40. The third kappa shape index (κ3) is 5.67. The van der Waals surface area contributed by atoms with Crippen LogP contribution in [0.5, 0.6) is 0 Å². The molecule has 12 nitrogen and oxygen atoms in total. The lowest BCUT2D eigenvalue weighted by molar-refractivity contribution is -0.293. The monoisotopic (exact) mass is 554 g/mol. The van der Waals surface area contributed by atoms with E-state index in [4.69, 9.17) is 25.1 Å². The van der Waals surface area contributed by atoms with Crippen LogP contribution in [0.3, 0.4) is 0 Å². The average molecular weight is 555 g/mol. The molecule has 1 aliphatic carbocycles. The highest BCUT2D eigenvalue weighted by molar-refractivity contribution is 5.85. The van der Waals surface area contributed by atoms with Gasteiger partial charge in [-0.25, -0.2) is 19.3 Å². The number of halogens is 1. The van der Waals surface area contributed by atoms with Gasteiger partial charge in [-0.2, -0.15) is 0 Å². The Morgan fingerprint density at radius 1 is 1.20 bits per heavy atom.